The number of nitrogens with zero attached hydrogens (tertiary/aromatic N) is 3. The summed E-state index contributed by atoms with van der Waals surface area (Å²) < 4.78 is 53.5. The van der Waals surface area contributed by atoms with E-state index in [4.69, 9.17) is 17.3 Å². The molecule has 2 N–H and O–H groups in total. The quantitative estimate of drug-likeness (QED) is 0.655. The molecule has 0 bridgehead atoms. The van der Waals surface area contributed by atoms with E-state index in [-0.39, 0.29) is 35.1 Å². The summed E-state index contributed by atoms with van der Waals surface area (Å²) in [4.78, 5) is 43.8. The first-order valence-electron chi connectivity index (χ1n) is 9.69. The van der Waals surface area contributed by atoms with Gasteiger partial charge in [-0.2, -0.15) is 13.2 Å². The molecule has 1 aliphatic heterocycles. The maximum Gasteiger partial charge on any atom is 0.416 e. The Bertz CT molecular complexity index is 1130. The summed E-state index contributed by atoms with van der Waals surface area (Å²) in [6, 6.07) is 3.75. The fourth-order valence-electron chi connectivity index (χ4n) is 3.71. The Hall–Kier alpha value is -3.21. The van der Waals surface area contributed by atoms with Crippen LogP contribution < -0.4 is 15.5 Å². The number of carbonyl (C=O) groups is 3. The fourth-order valence-corrected chi connectivity index (χ4v) is 3.88. The Labute approximate surface area is 191 Å². The summed E-state index contributed by atoms with van der Waals surface area (Å²) in [5.74, 6) is -4.32. The van der Waals surface area contributed by atoms with E-state index in [1.54, 1.807) is 0 Å². The average Bonchev–Trinajstić information content (AvgIpc) is 3.03. The summed E-state index contributed by atoms with van der Waals surface area (Å²) >= 11 is 5.78. The van der Waals surface area contributed by atoms with Gasteiger partial charge in [-0.25, -0.2) is 9.37 Å². The van der Waals surface area contributed by atoms with Crippen molar-refractivity contribution in [3.05, 3.63) is 52.4 Å². The number of aromatic nitrogens is 1. The molecule has 0 aliphatic carbocycles. The maximum absolute atomic E-state index is 13.5. The standard InChI is InChI=1S/C21H19ClF4N4O3/c1-10-5-12(21(24,25)26)8-18(28-10)30-16(6-11(19(30)32)7-17(27)31)20(33)29(2)13-3-4-15(23)14(22)9-13/h3-5,8-9,11,16H,6-7H2,1-2H3,(H2,27,31). The van der Waals surface area contributed by atoms with Gasteiger partial charge in [0.25, 0.3) is 0 Å². The molecular weight excluding hydrogens is 468 g/mol. The molecule has 0 radical (unpaired) electrons. The van der Waals surface area contributed by atoms with Gasteiger partial charge in [-0.15, -0.1) is 0 Å². The number of anilines is 2. The third-order valence-electron chi connectivity index (χ3n) is 5.27. The molecule has 2 heterocycles. The molecule has 176 valence electrons. The lowest BCUT2D eigenvalue weighted by atomic mass is 10.0. The highest BCUT2D eigenvalue weighted by Gasteiger charge is 2.47. The van der Waals surface area contributed by atoms with Crippen molar-refractivity contribution in [1.29, 1.82) is 0 Å². The van der Waals surface area contributed by atoms with Crippen molar-refractivity contribution in [3.8, 4) is 0 Å². The van der Waals surface area contributed by atoms with Crippen molar-refractivity contribution in [2.24, 2.45) is 11.7 Å². The predicted octanol–water partition coefficient (Wildman–Crippen LogP) is 3.46. The van der Waals surface area contributed by atoms with E-state index in [1.807, 2.05) is 0 Å². The number of amides is 3. The normalized spacial score (nSPS) is 18.5. The number of halogens is 5. The molecule has 7 nitrogen and oxygen atoms in total. The second-order valence-electron chi connectivity index (χ2n) is 7.68. The number of benzene rings is 1. The summed E-state index contributed by atoms with van der Waals surface area (Å²) in [6.45, 7) is 1.32. The average molecular weight is 487 g/mol. The molecule has 0 spiro atoms. The van der Waals surface area contributed by atoms with Gasteiger partial charge in [0.1, 0.15) is 17.7 Å². The zero-order chi connectivity index (χ0) is 24.7. The summed E-state index contributed by atoms with van der Waals surface area (Å²) in [6.07, 6.45) is -5.26. The van der Waals surface area contributed by atoms with E-state index in [9.17, 15) is 31.9 Å². The van der Waals surface area contributed by atoms with Gasteiger partial charge in [0, 0.05) is 30.8 Å². The molecule has 3 rings (SSSR count). The Morgan fingerprint density at radius 1 is 1.27 bits per heavy atom. The molecule has 3 amide bonds. The van der Waals surface area contributed by atoms with E-state index < -0.39 is 47.2 Å². The fraction of sp³-hybridized carbons (Fsp3) is 0.333. The van der Waals surface area contributed by atoms with E-state index in [0.29, 0.717) is 6.07 Å². The number of hydrogen-bond acceptors (Lipinski definition) is 4. The van der Waals surface area contributed by atoms with Crippen LogP contribution in [0.3, 0.4) is 0 Å². The van der Waals surface area contributed by atoms with Crippen LogP contribution in [0.1, 0.15) is 24.1 Å². The molecular formula is C21H19ClF4N4O3. The van der Waals surface area contributed by atoms with Crippen molar-refractivity contribution < 1.29 is 31.9 Å². The van der Waals surface area contributed by atoms with Gasteiger partial charge >= 0.3 is 6.18 Å². The Morgan fingerprint density at radius 3 is 2.52 bits per heavy atom. The molecule has 1 aliphatic rings. The zero-order valence-electron chi connectivity index (χ0n) is 17.5. The van der Waals surface area contributed by atoms with Crippen LogP contribution in [0.15, 0.2) is 30.3 Å². The number of primary amides is 1. The second-order valence-corrected chi connectivity index (χ2v) is 8.08. The number of rotatable bonds is 5. The lowest BCUT2D eigenvalue weighted by Gasteiger charge is -2.28. The van der Waals surface area contributed by atoms with Crippen LogP contribution in [0.2, 0.25) is 5.02 Å². The Balaban J connectivity index is 2.04. The molecule has 1 saturated heterocycles. The van der Waals surface area contributed by atoms with Gasteiger partial charge < -0.3 is 10.6 Å². The minimum absolute atomic E-state index is 0.0177. The van der Waals surface area contributed by atoms with Crippen molar-refractivity contribution in [1.82, 2.24) is 4.98 Å². The zero-order valence-corrected chi connectivity index (χ0v) is 18.2. The first-order chi connectivity index (χ1) is 15.3. The number of alkyl halides is 3. The summed E-state index contributed by atoms with van der Waals surface area (Å²) in [5.41, 5.74) is 4.35. The van der Waals surface area contributed by atoms with Gasteiger partial charge in [-0.05, 0) is 43.7 Å². The molecule has 12 heteroatoms. The monoisotopic (exact) mass is 486 g/mol. The third kappa shape index (κ3) is 5.08. The van der Waals surface area contributed by atoms with Crippen molar-refractivity contribution in [3.63, 3.8) is 0 Å². The lowest BCUT2D eigenvalue weighted by molar-refractivity contribution is -0.137. The first kappa shape index (κ1) is 24.4. The van der Waals surface area contributed by atoms with Gasteiger partial charge in [-0.3, -0.25) is 19.3 Å². The third-order valence-corrected chi connectivity index (χ3v) is 5.56. The van der Waals surface area contributed by atoms with Crippen LogP contribution in [0.25, 0.3) is 0 Å². The maximum atomic E-state index is 13.5. The molecule has 33 heavy (non-hydrogen) atoms. The topological polar surface area (TPSA) is 96.6 Å². The summed E-state index contributed by atoms with van der Waals surface area (Å²) in [5, 5.41) is -0.242. The lowest BCUT2D eigenvalue weighted by Crippen LogP contribution is -2.46. The molecule has 2 atom stereocenters. The number of hydrogen-bond donors (Lipinski definition) is 1. The minimum Gasteiger partial charge on any atom is -0.370 e. The van der Waals surface area contributed by atoms with Crippen LogP contribution in [0.4, 0.5) is 29.1 Å². The van der Waals surface area contributed by atoms with E-state index in [2.05, 4.69) is 4.98 Å². The number of likely N-dealkylation sites (N-methyl/N-ethyl adjacent to an activating group) is 1. The minimum atomic E-state index is -4.71. The molecule has 2 unspecified atom stereocenters. The van der Waals surface area contributed by atoms with E-state index in [0.717, 1.165) is 21.9 Å². The van der Waals surface area contributed by atoms with E-state index in [1.165, 1.54) is 26.1 Å². The smallest absolute Gasteiger partial charge is 0.370 e. The van der Waals surface area contributed by atoms with E-state index >= 15 is 0 Å². The molecule has 1 aromatic carbocycles. The number of nitrogens with two attached hydrogens (primary N) is 1. The predicted molar refractivity (Wildman–Crippen MR) is 112 cm³/mol. The highest BCUT2D eigenvalue weighted by atomic mass is 35.5. The van der Waals surface area contributed by atoms with Crippen LogP contribution in [0.5, 0.6) is 0 Å². The van der Waals surface area contributed by atoms with Crippen LogP contribution in [-0.2, 0) is 20.6 Å². The number of carbonyl (C=O) groups excluding carboxylic acids is 3. The number of pyridine rings is 1. The van der Waals surface area contributed by atoms with Crippen LogP contribution in [-0.4, -0.2) is 35.8 Å². The molecule has 2 aromatic rings. The Kier molecular flexibility index (Phi) is 6.64. The SMILES string of the molecule is Cc1cc(C(F)(F)F)cc(N2C(=O)C(CC(N)=O)CC2C(=O)N(C)c2ccc(F)c(Cl)c2)n1. The van der Waals surface area contributed by atoms with Gasteiger partial charge in [0.2, 0.25) is 17.7 Å². The molecule has 1 aromatic heterocycles. The molecule has 1 fully saturated rings. The largest absolute Gasteiger partial charge is 0.416 e. The van der Waals surface area contributed by atoms with Crippen LogP contribution in [0, 0.1) is 18.7 Å². The van der Waals surface area contributed by atoms with Crippen LogP contribution >= 0.6 is 11.6 Å². The molecule has 0 saturated carbocycles. The highest BCUT2D eigenvalue weighted by molar-refractivity contribution is 6.31. The van der Waals surface area contributed by atoms with Gasteiger partial charge in [0.15, 0.2) is 0 Å². The van der Waals surface area contributed by atoms with Gasteiger partial charge in [-0.1, -0.05) is 11.6 Å². The Morgan fingerprint density at radius 2 is 1.94 bits per heavy atom. The summed E-state index contributed by atoms with van der Waals surface area (Å²) in [7, 11) is 1.35. The van der Waals surface area contributed by atoms with Crippen molar-refractivity contribution in [2.45, 2.75) is 32.0 Å². The van der Waals surface area contributed by atoms with Crippen molar-refractivity contribution >= 4 is 40.8 Å². The van der Waals surface area contributed by atoms with Crippen molar-refractivity contribution in [2.75, 3.05) is 16.8 Å². The second kappa shape index (κ2) is 8.97. The first-order valence-corrected chi connectivity index (χ1v) is 10.1. The number of aryl methyl sites for hydroxylation is 1. The van der Waals surface area contributed by atoms with Gasteiger partial charge in [0.05, 0.1) is 10.6 Å². The highest BCUT2D eigenvalue weighted by Crippen LogP contribution is 2.37.